The summed E-state index contributed by atoms with van der Waals surface area (Å²) in [7, 11) is -3.95. The Balaban J connectivity index is 2.24. The van der Waals surface area contributed by atoms with Crippen LogP contribution in [0.4, 0.5) is 0 Å². The van der Waals surface area contributed by atoms with Gasteiger partial charge < -0.3 is 10.4 Å². The number of aliphatic carboxylic acids is 1. The van der Waals surface area contributed by atoms with E-state index in [1.54, 1.807) is 19.9 Å². The first kappa shape index (κ1) is 19.4. The molecule has 0 aliphatic heterocycles. The zero-order valence-corrected chi connectivity index (χ0v) is 15.3. The van der Waals surface area contributed by atoms with E-state index in [0.717, 1.165) is 19.3 Å². The van der Waals surface area contributed by atoms with Gasteiger partial charge in [-0.3, -0.25) is 9.59 Å². The van der Waals surface area contributed by atoms with E-state index in [4.69, 9.17) is 5.14 Å². The first-order valence-electron chi connectivity index (χ1n) is 8.22. The molecule has 0 spiro atoms. The summed E-state index contributed by atoms with van der Waals surface area (Å²) in [6.07, 6.45) is 3.69. The van der Waals surface area contributed by atoms with Crippen LogP contribution in [-0.4, -0.2) is 31.9 Å². The summed E-state index contributed by atoms with van der Waals surface area (Å²) in [4.78, 5) is 24.0. The molecule has 1 saturated carbocycles. The molecule has 0 heterocycles. The first-order chi connectivity index (χ1) is 11.6. The highest BCUT2D eigenvalue weighted by Gasteiger charge is 2.39. The lowest BCUT2D eigenvalue weighted by Crippen LogP contribution is -2.44. The van der Waals surface area contributed by atoms with Crippen LogP contribution < -0.4 is 10.5 Å². The Morgan fingerprint density at radius 2 is 1.80 bits per heavy atom. The van der Waals surface area contributed by atoms with Crippen molar-refractivity contribution in [1.29, 1.82) is 0 Å². The van der Waals surface area contributed by atoms with Crippen molar-refractivity contribution >= 4 is 21.9 Å². The Morgan fingerprint density at radius 3 is 2.32 bits per heavy atom. The monoisotopic (exact) mass is 368 g/mol. The van der Waals surface area contributed by atoms with E-state index in [1.807, 2.05) is 0 Å². The van der Waals surface area contributed by atoms with Crippen LogP contribution in [0.2, 0.25) is 0 Å². The van der Waals surface area contributed by atoms with Gasteiger partial charge in [-0.05, 0) is 49.9 Å². The number of sulfonamides is 1. The van der Waals surface area contributed by atoms with Crippen molar-refractivity contribution in [3.05, 3.63) is 28.8 Å². The third-order valence-electron chi connectivity index (χ3n) is 5.04. The molecule has 1 aromatic rings. The normalized spacial score (nSPS) is 17.1. The van der Waals surface area contributed by atoms with E-state index >= 15 is 0 Å². The molecule has 1 amide bonds. The highest BCUT2D eigenvalue weighted by molar-refractivity contribution is 7.89. The molecule has 1 fully saturated rings. The molecule has 8 heteroatoms. The minimum absolute atomic E-state index is 0.0266. The van der Waals surface area contributed by atoms with Crippen LogP contribution in [0.3, 0.4) is 0 Å². The van der Waals surface area contributed by atoms with E-state index in [2.05, 4.69) is 5.32 Å². The minimum atomic E-state index is -3.95. The summed E-state index contributed by atoms with van der Waals surface area (Å²) >= 11 is 0. The Morgan fingerprint density at radius 1 is 1.20 bits per heavy atom. The Hall–Kier alpha value is -1.93. The predicted molar refractivity (Wildman–Crippen MR) is 92.8 cm³/mol. The standard InChI is InChI=1S/C17H24N2O5S/c1-11-8-13(9-14(12(11)2)25(18,23)24)15(20)19-10-17(16(21)22)6-4-3-5-7-17/h8-9H,3-7,10H2,1-2H3,(H,19,20)(H,21,22)(H2,18,23,24). The van der Waals surface area contributed by atoms with Crippen molar-refractivity contribution < 1.29 is 23.1 Å². The number of carboxylic acid groups (broad SMARTS) is 1. The lowest BCUT2D eigenvalue weighted by molar-refractivity contribution is -0.150. The van der Waals surface area contributed by atoms with Gasteiger partial charge in [0.1, 0.15) is 0 Å². The number of aryl methyl sites for hydroxylation is 1. The molecular formula is C17H24N2O5S. The average Bonchev–Trinajstić information content (AvgIpc) is 2.54. The number of nitrogens with two attached hydrogens (primary N) is 1. The Bertz CT molecular complexity index is 796. The first-order valence-corrected chi connectivity index (χ1v) is 9.77. The van der Waals surface area contributed by atoms with Crippen molar-refractivity contribution in [2.45, 2.75) is 50.8 Å². The summed E-state index contributed by atoms with van der Waals surface area (Å²) in [5.41, 5.74) is 0.329. The molecule has 2 rings (SSSR count). The van der Waals surface area contributed by atoms with Crippen molar-refractivity contribution in [3.8, 4) is 0 Å². The Labute approximate surface area is 147 Å². The van der Waals surface area contributed by atoms with Gasteiger partial charge in [-0.1, -0.05) is 19.3 Å². The van der Waals surface area contributed by atoms with E-state index in [1.165, 1.54) is 6.07 Å². The second kappa shape index (κ2) is 7.13. The maximum absolute atomic E-state index is 12.5. The summed E-state index contributed by atoms with van der Waals surface area (Å²) < 4.78 is 23.4. The number of primary sulfonamides is 1. The van der Waals surface area contributed by atoms with E-state index in [0.29, 0.717) is 24.0 Å². The van der Waals surface area contributed by atoms with Gasteiger partial charge in [-0.25, -0.2) is 13.6 Å². The number of hydrogen-bond donors (Lipinski definition) is 3. The average molecular weight is 368 g/mol. The van der Waals surface area contributed by atoms with Gasteiger partial charge in [0.05, 0.1) is 10.3 Å². The molecule has 7 nitrogen and oxygen atoms in total. The van der Waals surface area contributed by atoms with Gasteiger partial charge >= 0.3 is 5.97 Å². The molecule has 4 N–H and O–H groups in total. The summed E-state index contributed by atoms with van der Waals surface area (Å²) in [6, 6.07) is 2.81. The van der Waals surface area contributed by atoms with Gasteiger partial charge in [0.2, 0.25) is 10.0 Å². The lowest BCUT2D eigenvalue weighted by atomic mass is 9.74. The van der Waals surface area contributed by atoms with Crippen LogP contribution in [0.25, 0.3) is 0 Å². The van der Waals surface area contributed by atoms with Gasteiger partial charge in [0.25, 0.3) is 5.91 Å². The maximum Gasteiger partial charge on any atom is 0.311 e. The van der Waals surface area contributed by atoms with Crippen molar-refractivity contribution in [1.82, 2.24) is 5.32 Å². The van der Waals surface area contributed by atoms with Crippen molar-refractivity contribution in [2.75, 3.05) is 6.54 Å². The fourth-order valence-corrected chi connectivity index (χ4v) is 4.18. The largest absolute Gasteiger partial charge is 0.481 e. The molecule has 25 heavy (non-hydrogen) atoms. The van der Waals surface area contributed by atoms with Crippen LogP contribution in [0.5, 0.6) is 0 Å². The number of carbonyl (C=O) groups is 2. The van der Waals surface area contributed by atoms with Crippen LogP contribution in [0, 0.1) is 19.3 Å². The molecule has 1 aliphatic carbocycles. The summed E-state index contributed by atoms with van der Waals surface area (Å²) in [5, 5.41) is 17.4. The lowest BCUT2D eigenvalue weighted by Gasteiger charge is -2.33. The molecule has 0 aromatic heterocycles. The molecule has 0 bridgehead atoms. The van der Waals surface area contributed by atoms with Gasteiger partial charge in [0.15, 0.2) is 0 Å². The van der Waals surface area contributed by atoms with Crippen LogP contribution in [0.1, 0.15) is 53.6 Å². The molecule has 1 aliphatic rings. The van der Waals surface area contributed by atoms with Crippen LogP contribution >= 0.6 is 0 Å². The molecule has 0 radical (unpaired) electrons. The van der Waals surface area contributed by atoms with E-state index < -0.39 is 27.3 Å². The number of nitrogens with one attached hydrogen (secondary N) is 1. The van der Waals surface area contributed by atoms with Crippen molar-refractivity contribution in [3.63, 3.8) is 0 Å². The van der Waals surface area contributed by atoms with Gasteiger partial charge in [0, 0.05) is 12.1 Å². The molecule has 1 aromatic carbocycles. The van der Waals surface area contributed by atoms with Crippen LogP contribution in [0.15, 0.2) is 17.0 Å². The maximum atomic E-state index is 12.5. The number of benzene rings is 1. The SMILES string of the molecule is Cc1cc(C(=O)NCC2(C(=O)O)CCCCC2)cc(S(N)(=O)=O)c1C. The molecular weight excluding hydrogens is 344 g/mol. The van der Waals surface area contributed by atoms with Gasteiger partial charge in [-0.15, -0.1) is 0 Å². The second-order valence-electron chi connectivity index (χ2n) is 6.79. The number of hydrogen-bond acceptors (Lipinski definition) is 4. The zero-order chi connectivity index (χ0) is 18.8. The number of carbonyl (C=O) groups excluding carboxylic acids is 1. The van der Waals surface area contributed by atoms with E-state index in [9.17, 15) is 23.1 Å². The van der Waals surface area contributed by atoms with E-state index in [-0.39, 0.29) is 17.0 Å². The summed E-state index contributed by atoms with van der Waals surface area (Å²) in [5.74, 6) is -1.41. The number of carboxylic acids is 1. The van der Waals surface area contributed by atoms with Crippen LogP contribution in [-0.2, 0) is 14.8 Å². The second-order valence-corrected chi connectivity index (χ2v) is 8.32. The topological polar surface area (TPSA) is 127 Å². The minimum Gasteiger partial charge on any atom is -0.481 e. The third kappa shape index (κ3) is 4.19. The molecule has 0 saturated heterocycles. The quantitative estimate of drug-likeness (QED) is 0.729. The fraction of sp³-hybridized carbons (Fsp3) is 0.529. The highest BCUT2D eigenvalue weighted by Crippen LogP contribution is 2.36. The fourth-order valence-electron chi connectivity index (χ4n) is 3.30. The highest BCUT2D eigenvalue weighted by atomic mass is 32.2. The number of rotatable bonds is 5. The third-order valence-corrected chi connectivity index (χ3v) is 6.08. The summed E-state index contributed by atoms with van der Waals surface area (Å²) in [6.45, 7) is 3.34. The van der Waals surface area contributed by atoms with Crippen molar-refractivity contribution in [2.24, 2.45) is 10.6 Å². The zero-order valence-electron chi connectivity index (χ0n) is 14.5. The smallest absolute Gasteiger partial charge is 0.311 e. The predicted octanol–water partition coefficient (Wildman–Crippen LogP) is 1.72. The Kier molecular flexibility index (Phi) is 5.53. The molecule has 0 unspecified atom stereocenters. The number of amides is 1. The van der Waals surface area contributed by atoms with Gasteiger partial charge in [-0.2, -0.15) is 0 Å². The molecule has 138 valence electrons. The molecule has 0 atom stereocenters.